The summed E-state index contributed by atoms with van der Waals surface area (Å²) in [6.45, 7) is 15.1. The Kier molecular flexibility index (Phi) is 4.82. The molecule has 2 rings (SSSR count). The van der Waals surface area contributed by atoms with Gasteiger partial charge in [0.25, 0.3) is 0 Å². The Morgan fingerprint density at radius 3 is 2.57 bits per heavy atom. The van der Waals surface area contributed by atoms with Crippen LogP contribution in [-0.4, -0.2) is 6.54 Å². The molecular formula is C20H33N. The third-order valence-corrected chi connectivity index (χ3v) is 5.46. The third-order valence-electron chi connectivity index (χ3n) is 5.46. The maximum Gasteiger partial charge on any atom is 0.0328 e. The van der Waals surface area contributed by atoms with E-state index in [1.165, 1.54) is 31.2 Å². The molecule has 1 nitrogen and oxygen atoms in total. The molecule has 1 aromatic rings. The van der Waals surface area contributed by atoms with Gasteiger partial charge in [-0.1, -0.05) is 59.7 Å². The zero-order chi connectivity index (χ0) is 15.7. The molecule has 1 atom stereocenters. The smallest absolute Gasteiger partial charge is 0.0328 e. The maximum absolute atomic E-state index is 3.73. The minimum Gasteiger partial charge on any atom is -0.310 e. The Labute approximate surface area is 131 Å². The second-order valence-electron chi connectivity index (χ2n) is 8.13. The van der Waals surface area contributed by atoms with E-state index in [0.717, 1.165) is 6.54 Å². The van der Waals surface area contributed by atoms with Gasteiger partial charge in [0.15, 0.2) is 0 Å². The number of benzene rings is 1. The molecule has 1 N–H and O–H groups in total. The van der Waals surface area contributed by atoms with Crippen molar-refractivity contribution in [1.29, 1.82) is 0 Å². The van der Waals surface area contributed by atoms with Gasteiger partial charge in [-0.25, -0.2) is 0 Å². The molecule has 1 aliphatic carbocycles. The van der Waals surface area contributed by atoms with Gasteiger partial charge in [-0.2, -0.15) is 0 Å². The number of hydrogen-bond acceptors (Lipinski definition) is 1. The van der Waals surface area contributed by atoms with Crippen molar-refractivity contribution in [3.63, 3.8) is 0 Å². The second-order valence-corrected chi connectivity index (χ2v) is 8.13. The highest BCUT2D eigenvalue weighted by Crippen LogP contribution is 2.41. The lowest BCUT2D eigenvalue weighted by molar-refractivity contribution is 0.275. The van der Waals surface area contributed by atoms with Crippen LogP contribution in [0.15, 0.2) is 18.2 Å². The SMILES string of the molecule is CCNC1CC(C)(C)CCc2ccc(C(C)(C)CC)cc21. The zero-order valence-electron chi connectivity index (χ0n) is 14.8. The minimum absolute atomic E-state index is 0.271. The van der Waals surface area contributed by atoms with Gasteiger partial charge in [0.2, 0.25) is 0 Å². The van der Waals surface area contributed by atoms with Gasteiger partial charge in [-0.05, 0) is 59.7 Å². The van der Waals surface area contributed by atoms with Crippen LogP contribution in [-0.2, 0) is 11.8 Å². The van der Waals surface area contributed by atoms with Crippen molar-refractivity contribution in [3.8, 4) is 0 Å². The van der Waals surface area contributed by atoms with Gasteiger partial charge in [0, 0.05) is 6.04 Å². The first-order chi connectivity index (χ1) is 9.79. The Morgan fingerprint density at radius 2 is 1.95 bits per heavy atom. The van der Waals surface area contributed by atoms with Gasteiger partial charge < -0.3 is 5.32 Å². The van der Waals surface area contributed by atoms with Gasteiger partial charge in [0.1, 0.15) is 0 Å². The largest absolute Gasteiger partial charge is 0.310 e. The highest BCUT2D eigenvalue weighted by molar-refractivity contribution is 5.38. The van der Waals surface area contributed by atoms with Crippen molar-refractivity contribution in [2.75, 3.05) is 6.54 Å². The molecule has 1 aromatic carbocycles. The molecule has 0 radical (unpaired) electrons. The minimum atomic E-state index is 0.271. The lowest BCUT2D eigenvalue weighted by atomic mass is 9.79. The Hall–Kier alpha value is -0.820. The fraction of sp³-hybridized carbons (Fsp3) is 0.700. The predicted molar refractivity (Wildman–Crippen MR) is 92.9 cm³/mol. The average Bonchev–Trinajstić information content (AvgIpc) is 2.56. The Morgan fingerprint density at radius 1 is 1.24 bits per heavy atom. The van der Waals surface area contributed by atoms with Gasteiger partial charge in [-0.3, -0.25) is 0 Å². The molecule has 1 aliphatic rings. The number of fused-ring (bicyclic) bond motifs is 1. The summed E-state index contributed by atoms with van der Waals surface area (Å²) in [6, 6.07) is 7.76. The molecule has 0 heterocycles. The predicted octanol–water partition coefficient (Wildman–Crippen LogP) is 5.39. The van der Waals surface area contributed by atoms with E-state index in [4.69, 9.17) is 0 Å². The van der Waals surface area contributed by atoms with Crippen molar-refractivity contribution in [3.05, 3.63) is 34.9 Å². The summed E-state index contributed by atoms with van der Waals surface area (Å²) in [6.07, 6.45) is 4.93. The monoisotopic (exact) mass is 287 g/mol. The standard InChI is InChI=1S/C20H33N/c1-7-20(5,6)16-10-9-15-11-12-19(3,4)14-18(21-8-2)17(15)13-16/h9-10,13,18,21H,7-8,11-12,14H2,1-6H3. The van der Waals surface area contributed by atoms with Crippen LogP contribution >= 0.6 is 0 Å². The van der Waals surface area contributed by atoms with Crippen molar-refractivity contribution >= 4 is 0 Å². The highest BCUT2D eigenvalue weighted by atomic mass is 14.9. The first kappa shape index (κ1) is 16.5. The summed E-state index contributed by atoms with van der Waals surface area (Å²) < 4.78 is 0. The maximum atomic E-state index is 3.73. The highest BCUT2D eigenvalue weighted by Gasteiger charge is 2.30. The van der Waals surface area contributed by atoms with E-state index in [1.807, 2.05) is 0 Å². The lowest BCUT2D eigenvalue weighted by Crippen LogP contribution is -2.26. The molecule has 0 saturated heterocycles. The van der Waals surface area contributed by atoms with E-state index < -0.39 is 0 Å². The number of rotatable bonds is 4. The summed E-state index contributed by atoms with van der Waals surface area (Å²) in [4.78, 5) is 0. The van der Waals surface area contributed by atoms with Crippen LogP contribution in [0.5, 0.6) is 0 Å². The van der Waals surface area contributed by atoms with Gasteiger partial charge in [-0.15, -0.1) is 0 Å². The quantitative estimate of drug-likeness (QED) is 0.732. The van der Waals surface area contributed by atoms with Gasteiger partial charge in [0.05, 0.1) is 0 Å². The Bertz CT molecular complexity index is 485. The van der Waals surface area contributed by atoms with Crippen molar-refractivity contribution in [2.24, 2.45) is 5.41 Å². The zero-order valence-corrected chi connectivity index (χ0v) is 14.8. The molecule has 1 unspecified atom stereocenters. The molecule has 0 saturated carbocycles. The van der Waals surface area contributed by atoms with Crippen molar-refractivity contribution in [2.45, 2.75) is 78.7 Å². The van der Waals surface area contributed by atoms with Crippen LogP contribution in [0, 0.1) is 5.41 Å². The molecule has 0 aliphatic heterocycles. The molecule has 118 valence electrons. The molecule has 0 amide bonds. The summed E-state index contributed by atoms with van der Waals surface area (Å²) in [5.41, 5.74) is 5.30. The lowest BCUT2D eigenvalue weighted by Gasteiger charge is -2.29. The van der Waals surface area contributed by atoms with Crippen LogP contribution in [0.25, 0.3) is 0 Å². The van der Waals surface area contributed by atoms with Crippen LogP contribution in [0.4, 0.5) is 0 Å². The average molecular weight is 287 g/mol. The topological polar surface area (TPSA) is 12.0 Å². The van der Waals surface area contributed by atoms with E-state index in [1.54, 1.807) is 11.1 Å². The third kappa shape index (κ3) is 3.69. The van der Waals surface area contributed by atoms with Crippen molar-refractivity contribution < 1.29 is 0 Å². The second kappa shape index (κ2) is 6.12. The molecular weight excluding hydrogens is 254 g/mol. The van der Waals surface area contributed by atoms with Crippen LogP contribution in [0.2, 0.25) is 0 Å². The van der Waals surface area contributed by atoms with E-state index in [-0.39, 0.29) is 5.41 Å². The fourth-order valence-electron chi connectivity index (χ4n) is 3.44. The molecule has 0 bridgehead atoms. The summed E-state index contributed by atoms with van der Waals surface area (Å²) in [5.74, 6) is 0. The fourth-order valence-corrected chi connectivity index (χ4v) is 3.44. The van der Waals surface area contributed by atoms with E-state index in [9.17, 15) is 0 Å². The van der Waals surface area contributed by atoms with E-state index in [0.29, 0.717) is 11.5 Å². The first-order valence-corrected chi connectivity index (χ1v) is 8.66. The Balaban J connectivity index is 2.44. The van der Waals surface area contributed by atoms with Crippen LogP contribution in [0.1, 0.15) is 83.5 Å². The van der Waals surface area contributed by atoms with Crippen LogP contribution < -0.4 is 5.32 Å². The number of hydrogen-bond donors (Lipinski definition) is 1. The van der Waals surface area contributed by atoms with Crippen LogP contribution in [0.3, 0.4) is 0 Å². The molecule has 1 heteroatoms. The number of nitrogens with one attached hydrogen (secondary N) is 1. The molecule has 0 aromatic heterocycles. The summed E-state index contributed by atoms with van der Waals surface area (Å²) in [7, 11) is 0. The molecule has 21 heavy (non-hydrogen) atoms. The first-order valence-electron chi connectivity index (χ1n) is 8.66. The van der Waals surface area contributed by atoms with Crippen molar-refractivity contribution in [1.82, 2.24) is 5.32 Å². The summed E-state index contributed by atoms with van der Waals surface area (Å²) in [5, 5.41) is 3.73. The normalized spacial score (nSPS) is 21.7. The molecule has 0 fully saturated rings. The summed E-state index contributed by atoms with van der Waals surface area (Å²) >= 11 is 0. The van der Waals surface area contributed by atoms with Gasteiger partial charge >= 0.3 is 0 Å². The van der Waals surface area contributed by atoms with E-state index >= 15 is 0 Å². The number of aryl methyl sites for hydroxylation is 1. The molecule has 0 spiro atoms. The van der Waals surface area contributed by atoms with E-state index in [2.05, 4.69) is 65.1 Å².